The van der Waals surface area contributed by atoms with Crippen molar-refractivity contribution in [2.24, 2.45) is 11.3 Å². The predicted octanol–water partition coefficient (Wildman–Crippen LogP) is 2.04. The van der Waals surface area contributed by atoms with Crippen molar-refractivity contribution in [3.63, 3.8) is 0 Å². The molecule has 2 saturated carbocycles. The number of aliphatic hydroxyl groups is 1. The van der Waals surface area contributed by atoms with Gasteiger partial charge < -0.3 is 20.5 Å². The molecule has 2 fully saturated rings. The summed E-state index contributed by atoms with van der Waals surface area (Å²) < 4.78 is 5.33. The van der Waals surface area contributed by atoms with Crippen LogP contribution in [0.4, 0.5) is 4.79 Å². The molecule has 2 aliphatic carbocycles. The Morgan fingerprint density at radius 3 is 2.43 bits per heavy atom. The minimum atomic E-state index is -0.467. The Kier molecular flexibility index (Phi) is 4.54. The van der Waals surface area contributed by atoms with Crippen molar-refractivity contribution in [3.8, 4) is 0 Å². The van der Waals surface area contributed by atoms with E-state index in [1.54, 1.807) is 0 Å². The molecule has 122 valence electrons. The van der Waals surface area contributed by atoms with Gasteiger partial charge in [0.05, 0.1) is 6.10 Å². The van der Waals surface area contributed by atoms with Crippen LogP contribution in [0.3, 0.4) is 0 Å². The lowest BCUT2D eigenvalue weighted by molar-refractivity contribution is -0.0729. The molecule has 3 atom stereocenters. The molecule has 0 heterocycles. The van der Waals surface area contributed by atoms with E-state index >= 15 is 0 Å². The highest BCUT2D eigenvalue weighted by atomic mass is 16.6. The number of ether oxygens (including phenoxy) is 1. The lowest BCUT2D eigenvalue weighted by Crippen LogP contribution is -2.62. The summed E-state index contributed by atoms with van der Waals surface area (Å²) in [6, 6.07) is 0.433. The first-order valence-electron chi connectivity index (χ1n) is 8.00. The first-order valence-corrected chi connectivity index (χ1v) is 8.00. The fourth-order valence-electron chi connectivity index (χ4n) is 2.81. The fraction of sp³-hybridized carbons (Fsp3) is 0.938. The first kappa shape index (κ1) is 16.6. The predicted molar refractivity (Wildman–Crippen MR) is 82.1 cm³/mol. The van der Waals surface area contributed by atoms with Crippen molar-refractivity contribution in [1.29, 1.82) is 0 Å². The summed E-state index contributed by atoms with van der Waals surface area (Å²) in [5.41, 5.74) is -0.550. The Balaban J connectivity index is 1.79. The second kappa shape index (κ2) is 5.76. The van der Waals surface area contributed by atoms with Crippen molar-refractivity contribution >= 4 is 6.09 Å². The summed E-state index contributed by atoms with van der Waals surface area (Å²) >= 11 is 0. The zero-order chi connectivity index (χ0) is 15.8. The lowest BCUT2D eigenvalue weighted by Gasteiger charge is -2.50. The zero-order valence-electron chi connectivity index (χ0n) is 13.9. The summed E-state index contributed by atoms with van der Waals surface area (Å²) in [7, 11) is 0. The van der Waals surface area contributed by atoms with Crippen LogP contribution in [0, 0.1) is 11.3 Å². The third-order valence-corrected chi connectivity index (χ3v) is 4.69. The highest BCUT2D eigenvalue weighted by molar-refractivity contribution is 5.68. The van der Waals surface area contributed by atoms with Crippen molar-refractivity contribution in [2.75, 3.05) is 6.54 Å². The molecular formula is C16H30N2O3. The summed E-state index contributed by atoms with van der Waals surface area (Å²) in [6.45, 7) is 10.5. The summed E-state index contributed by atoms with van der Waals surface area (Å²) in [5, 5.41) is 16.3. The van der Waals surface area contributed by atoms with Crippen LogP contribution in [-0.2, 0) is 4.74 Å². The maximum absolute atomic E-state index is 11.9. The zero-order valence-corrected chi connectivity index (χ0v) is 13.9. The molecule has 1 amide bonds. The molecule has 0 aromatic heterocycles. The molecule has 2 aliphatic rings. The molecule has 5 nitrogen and oxygen atoms in total. The Labute approximate surface area is 127 Å². The maximum Gasteiger partial charge on any atom is 0.407 e. The SMILES string of the molecule is CC(C)(C)OC(=O)NC(CNC1CC(O)C1(C)C)C1CC1. The molecule has 5 heteroatoms. The van der Waals surface area contributed by atoms with E-state index in [0.29, 0.717) is 12.0 Å². The van der Waals surface area contributed by atoms with Gasteiger partial charge in [0.1, 0.15) is 5.60 Å². The van der Waals surface area contributed by atoms with Gasteiger partial charge in [-0.3, -0.25) is 0 Å². The van der Waals surface area contributed by atoms with Crippen LogP contribution in [0.25, 0.3) is 0 Å². The molecule has 0 aromatic carbocycles. The lowest BCUT2D eigenvalue weighted by atomic mass is 9.64. The largest absolute Gasteiger partial charge is 0.444 e. The van der Waals surface area contributed by atoms with Crippen LogP contribution in [-0.4, -0.2) is 41.5 Å². The van der Waals surface area contributed by atoms with E-state index in [4.69, 9.17) is 4.74 Å². The van der Waals surface area contributed by atoms with E-state index < -0.39 is 5.60 Å². The normalized spacial score (nSPS) is 29.4. The summed E-state index contributed by atoms with van der Waals surface area (Å²) in [6.07, 6.45) is 2.55. The standard InChI is InChI=1S/C16H30N2O3/c1-15(2,3)21-14(20)18-11(10-6-7-10)9-17-12-8-13(19)16(12,4)5/h10-13,17,19H,6-9H2,1-5H3,(H,18,20). The van der Waals surface area contributed by atoms with Gasteiger partial charge in [0, 0.05) is 24.0 Å². The molecular weight excluding hydrogens is 268 g/mol. The van der Waals surface area contributed by atoms with Crippen LogP contribution in [0.15, 0.2) is 0 Å². The third-order valence-electron chi connectivity index (χ3n) is 4.69. The van der Waals surface area contributed by atoms with Crippen molar-refractivity contribution < 1.29 is 14.6 Å². The fourth-order valence-corrected chi connectivity index (χ4v) is 2.81. The summed E-state index contributed by atoms with van der Waals surface area (Å²) in [4.78, 5) is 11.9. The van der Waals surface area contributed by atoms with Crippen LogP contribution in [0.5, 0.6) is 0 Å². The topological polar surface area (TPSA) is 70.6 Å². The Morgan fingerprint density at radius 2 is 2.00 bits per heavy atom. The molecule has 0 aromatic rings. The smallest absolute Gasteiger partial charge is 0.407 e. The van der Waals surface area contributed by atoms with Gasteiger partial charge in [-0.15, -0.1) is 0 Å². The van der Waals surface area contributed by atoms with Crippen LogP contribution in [0.2, 0.25) is 0 Å². The number of hydrogen-bond acceptors (Lipinski definition) is 4. The number of alkyl carbamates (subject to hydrolysis) is 1. The van der Waals surface area contributed by atoms with Gasteiger partial charge in [0.15, 0.2) is 0 Å². The molecule has 21 heavy (non-hydrogen) atoms. The number of hydrogen-bond donors (Lipinski definition) is 3. The molecule has 0 saturated heterocycles. The van der Waals surface area contributed by atoms with E-state index in [0.717, 1.165) is 13.0 Å². The van der Waals surface area contributed by atoms with Gasteiger partial charge in [0.2, 0.25) is 0 Å². The van der Waals surface area contributed by atoms with Gasteiger partial charge in [-0.1, -0.05) is 13.8 Å². The van der Waals surface area contributed by atoms with Crippen LogP contribution < -0.4 is 10.6 Å². The third kappa shape index (κ3) is 4.33. The minimum Gasteiger partial charge on any atom is -0.444 e. The first-order chi connectivity index (χ1) is 9.59. The Morgan fingerprint density at radius 1 is 1.38 bits per heavy atom. The van der Waals surface area contributed by atoms with Gasteiger partial charge in [-0.2, -0.15) is 0 Å². The Bertz CT molecular complexity index is 385. The molecule has 3 N–H and O–H groups in total. The molecule has 3 unspecified atom stereocenters. The van der Waals surface area contributed by atoms with Gasteiger partial charge in [0.25, 0.3) is 0 Å². The van der Waals surface area contributed by atoms with E-state index in [1.165, 1.54) is 12.8 Å². The van der Waals surface area contributed by atoms with Gasteiger partial charge >= 0.3 is 6.09 Å². The molecule has 0 radical (unpaired) electrons. The van der Waals surface area contributed by atoms with Crippen molar-refractivity contribution in [2.45, 2.75) is 77.7 Å². The van der Waals surface area contributed by atoms with Gasteiger partial charge in [-0.25, -0.2) is 4.79 Å². The van der Waals surface area contributed by atoms with Gasteiger partial charge in [-0.05, 0) is 46.0 Å². The number of nitrogens with one attached hydrogen (secondary N) is 2. The number of carbonyl (C=O) groups excluding carboxylic acids is 1. The Hall–Kier alpha value is -0.810. The van der Waals surface area contributed by atoms with E-state index in [1.807, 2.05) is 20.8 Å². The van der Waals surface area contributed by atoms with E-state index in [-0.39, 0.29) is 23.7 Å². The van der Waals surface area contributed by atoms with E-state index in [2.05, 4.69) is 24.5 Å². The van der Waals surface area contributed by atoms with E-state index in [9.17, 15) is 9.90 Å². The number of amides is 1. The van der Waals surface area contributed by atoms with Crippen LogP contribution >= 0.6 is 0 Å². The van der Waals surface area contributed by atoms with Crippen molar-refractivity contribution in [1.82, 2.24) is 10.6 Å². The number of carbonyl (C=O) groups is 1. The molecule has 0 aliphatic heterocycles. The second-order valence-electron chi connectivity index (χ2n) is 8.12. The molecule has 0 bridgehead atoms. The highest BCUT2D eigenvalue weighted by Gasteiger charge is 2.47. The minimum absolute atomic E-state index is 0.0833. The van der Waals surface area contributed by atoms with Crippen LogP contribution in [0.1, 0.15) is 53.9 Å². The number of aliphatic hydroxyl groups excluding tert-OH is 1. The maximum atomic E-state index is 11.9. The molecule has 0 spiro atoms. The summed E-state index contributed by atoms with van der Waals surface area (Å²) in [5.74, 6) is 0.554. The van der Waals surface area contributed by atoms with Crippen molar-refractivity contribution in [3.05, 3.63) is 0 Å². The monoisotopic (exact) mass is 298 g/mol. The average Bonchev–Trinajstić information content (AvgIpc) is 3.14. The average molecular weight is 298 g/mol. The quantitative estimate of drug-likeness (QED) is 0.726. The molecule has 2 rings (SSSR count). The number of rotatable bonds is 5. The second-order valence-corrected chi connectivity index (χ2v) is 8.12. The highest BCUT2D eigenvalue weighted by Crippen LogP contribution is 2.40.